The van der Waals surface area contributed by atoms with Crippen molar-refractivity contribution < 1.29 is 123 Å². The van der Waals surface area contributed by atoms with Crippen molar-refractivity contribution in [3.63, 3.8) is 0 Å². The molecule has 5 bridgehead atoms. The number of anilines is 1. The summed E-state index contributed by atoms with van der Waals surface area (Å²) >= 11 is 0. The molecule has 1 aromatic heterocycles. The number of benzene rings is 2. The molecule has 3 aromatic rings. The number of ketones is 1. The number of allylic oxidation sites excluding steroid dienone is 3. The molecule has 24 atom stereocenters. The van der Waals surface area contributed by atoms with Gasteiger partial charge in [0.15, 0.2) is 24.6 Å². The predicted octanol–water partition coefficient (Wildman–Crippen LogP) is 1.29. The number of aliphatic hydroxyl groups excluding tert-OH is 10. The largest absolute Gasteiger partial charge is 0.507 e. The number of hydrazone groups is 1. The molecule has 113 heavy (non-hydrogen) atoms. The molecule has 0 unspecified atom stereocenters. The number of phenolic OH excluding ortho intramolecular Hbond substituents is 3. The summed E-state index contributed by atoms with van der Waals surface area (Å²) in [7, 11) is 3.42. The van der Waals surface area contributed by atoms with Crippen LogP contribution in [0.1, 0.15) is 148 Å². The Kier molecular flexibility index (Phi) is 32.3. The number of Topliss-reactive ketones (excluding diaryl/α,β-unsaturated/α-hetero) is 1. The summed E-state index contributed by atoms with van der Waals surface area (Å²) in [5.74, 6) is -8.30. The minimum atomic E-state index is -2.04. The fraction of sp³-hybridized carbons (Fsp3) is 0.654. The topological polar surface area (TPSA) is 529 Å². The predicted molar refractivity (Wildman–Crippen MR) is 409 cm³/mol. The third kappa shape index (κ3) is 21.5. The molecule has 0 saturated carbocycles. The van der Waals surface area contributed by atoms with Crippen molar-refractivity contribution in [1.29, 1.82) is 0 Å². The first-order valence-electron chi connectivity index (χ1n) is 38.5. The number of aromatic amines is 1. The summed E-state index contributed by atoms with van der Waals surface area (Å²) in [6, 6.07) is -1.88. The molecule has 18 N–H and O–H groups in total. The number of aliphatic hydroxyl groups is 10. The first kappa shape index (κ1) is 90.7. The van der Waals surface area contributed by atoms with Crippen LogP contribution in [0.5, 0.6) is 23.0 Å². The second-order valence-electron chi connectivity index (χ2n) is 30.9. The van der Waals surface area contributed by atoms with E-state index >= 15 is 0 Å². The van der Waals surface area contributed by atoms with Crippen LogP contribution in [0.15, 0.2) is 75.2 Å². The molecule has 7 aliphatic heterocycles. The maximum absolute atomic E-state index is 14.4. The molecule has 2 amide bonds. The second kappa shape index (κ2) is 40.2. The van der Waals surface area contributed by atoms with Crippen LogP contribution in [-0.4, -0.2) is 278 Å². The van der Waals surface area contributed by atoms with Crippen LogP contribution in [0.2, 0.25) is 0 Å². The van der Waals surface area contributed by atoms with E-state index in [-0.39, 0.29) is 44.5 Å². The number of nitrogens with two attached hydrogens (primary N) is 1. The van der Waals surface area contributed by atoms with Gasteiger partial charge in [0.2, 0.25) is 5.91 Å². The smallest absolute Gasteiger partial charge is 0.330 e. The highest BCUT2D eigenvalue weighted by Gasteiger charge is 2.54. The number of methoxy groups -OCH3 is 1. The van der Waals surface area contributed by atoms with Gasteiger partial charge >= 0.3 is 17.4 Å². The number of aromatic nitrogens is 2. The highest BCUT2D eigenvalue weighted by atomic mass is 16.8. The van der Waals surface area contributed by atoms with Crippen LogP contribution < -0.4 is 32.4 Å². The highest BCUT2D eigenvalue weighted by Crippen LogP contribution is 2.55. The number of likely N-dealkylation sites (N-methyl/N-ethyl adjacent to an activating group) is 1. The van der Waals surface area contributed by atoms with E-state index < -0.39 is 211 Å². The number of ether oxygens (including phenoxy) is 8. The lowest BCUT2D eigenvalue weighted by Gasteiger charge is -2.47. The molecule has 7 aliphatic rings. The molecule has 35 heteroatoms. The van der Waals surface area contributed by atoms with Gasteiger partial charge in [-0.15, -0.1) is 0 Å². The fourth-order valence-corrected chi connectivity index (χ4v) is 14.8. The van der Waals surface area contributed by atoms with Crippen LogP contribution in [0.3, 0.4) is 0 Å². The van der Waals surface area contributed by atoms with Gasteiger partial charge in [0.05, 0.1) is 77.8 Å². The first-order chi connectivity index (χ1) is 53.4. The number of piperazine rings is 1. The number of hydrogen-bond donors (Lipinski definition) is 17. The van der Waals surface area contributed by atoms with E-state index in [1.165, 1.54) is 84.8 Å². The number of phenols is 3. The Morgan fingerprint density at radius 1 is 0.788 bits per heavy atom. The standard InChI is InChI=1S/C43H58N4O12.C35H58N4O15/c1-21-12-11-13-22(2)42(55)45-33-28(20-44-47-17-15-46(9)16-18-47)37(52)30-31(38(33)53)36(51)26(6)40-32(30)41(54)43(8,59-40)57-19-14-29(56-10)23(3)39(58-27(7)48)25(5)35(50)24(4)34(21)49;1-17(2)11-9-7-5-3-4-6-8-10-12-21(42)37-24-28(47)25(44)19(51-34(24)54-33-23(36)27(46)26(45)20(16-40)52-33)15-18(41)31-29(48)30(49)32(53-31)39-14-13-22(43)38-35(39)50/h11-14,19-21,23-25,29,34-35,39,49-53H,15-18H2,1-10H3,(H,45,55);10,12-14,17-20,23-34,40-41,44-49H,3-9,11,15-16,36H2,1-2H3,(H,37,42)(H,38,43,50)/b12-11+,19-14+,22-13-,44-20+;12-10+/t21-,23+,24+,25+,29-,34-,35+,39+,43-;18-,19-,20-,23-,24-,25+,26-,27-,28-,29+,30-,31-,32-,33-,34+/m01/s1. The van der Waals surface area contributed by atoms with E-state index in [0.717, 1.165) is 55.6 Å². The number of hydrogen-bond acceptors (Lipinski definition) is 31. The summed E-state index contributed by atoms with van der Waals surface area (Å²) in [6.07, 6.45) is -4.43. The normalized spacial score (nSPS) is 34.2. The summed E-state index contributed by atoms with van der Waals surface area (Å²) in [4.78, 5) is 81.4. The van der Waals surface area contributed by atoms with Gasteiger partial charge in [-0.25, -0.2) is 4.79 Å². The molecule has 10 rings (SSSR count). The van der Waals surface area contributed by atoms with Crippen molar-refractivity contribution in [3.05, 3.63) is 98.1 Å². The molecule has 2 aromatic carbocycles. The van der Waals surface area contributed by atoms with Crippen molar-refractivity contribution in [2.45, 2.75) is 249 Å². The number of amides is 2. The van der Waals surface area contributed by atoms with Gasteiger partial charge in [-0.3, -0.25) is 38.5 Å². The maximum Gasteiger partial charge on any atom is 0.330 e. The van der Waals surface area contributed by atoms with Crippen molar-refractivity contribution in [3.8, 4) is 23.0 Å². The van der Waals surface area contributed by atoms with E-state index in [1.54, 1.807) is 50.9 Å². The van der Waals surface area contributed by atoms with E-state index in [2.05, 4.69) is 34.5 Å². The maximum atomic E-state index is 14.4. The molecule has 35 nitrogen and oxygen atoms in total. The zero-order valence-corrected chi connectivity index (χ0v) is 65.9. The molecule has 0 aliphatic carbocycles. The Morgan fingerprint density at radius 3 is 2.09 bits per heavy atom. The van der Waals surface area contributed by atoms with Crippen LogP contribution >= 0.6 is 0 Å². The van der Waals surface area contributed by atoms with Crippen LogP contribution in [0, 0.1) is 36.5 Å². The van der Waals surface area contributed by atoms with Crippen molar-refractivity contribution in [2.24, 2.45) is 40.4 Å². The summed E-state index contributed by atoms with van der Waals surface area (Å²) in [5, 5.41) is 155. The average molecular weight is 1600 g/mol. The summed E-state index contributed by atoms with van der Waals surface area (Å²) in [5.41, 5.74) is 4.05. The van der Waals surface area contributed by atoms with Gasteiger partial charge < -0.3 is 126 Å². The van der Waals surface area contributed by atoms with Crippen molar-refractivity contribution >= 4 is 46.2 Å². The number of carbonyl (C=O) groups excluding carboxylic acids is 4. The van der Waals surface area contributed by atoms with E-state index in [4.69, 9.17) is 43.6 Å². The molecule has 0 radical (unpaired) electrons. The third-order valence-electron chi connectivity index (χ3n) is 22.0. The third-order valence-corrected chi connectivity index (χ3v) is 22.0. The van der Waals surface area contributed by atoms with E-state index in [0.29, 0.717) is 25.4 Å². The zero-order valence-electron chi connectivity index (χ0n) is 65.9. The van der Waals surface area contributed by atoms with Crippen LogP contribution in [-0.2, 0) is 47.5 Å². The number of H-pyrrole nitrogens is 1. The van der Waals surface area contributed by atoms with Gasteiger partial charge in [-0.05, 0) is 51.8 Å². The number of rotatable bonds is 22. The van der Waals surface area contributed by atoms with Crippen molar-refractivity contribution in [2.75, 3.05) is 52.3 Å². The lowest BCUT2D eigenvalue weighted by atomic mass is 9.78. The Labute approximate surface area is 654 Å². The molecule has 0 spiro atoms. The summed E-state index contributed by atoms with van der Waals surface area (Å²) < 4.78 is 47.4. The van der Waals surface area contributed by atoms with Crippen LogP contribution in [0.25, 0.3) is 10.8 Å². The Hall–Kier alpha value is -7.79. The Balaban J connectivity index is 0.000000284. The fourth-order valence-electron chi connectivity index (χ4n) is 14.8. The minimum absolute atomic E-state index is 0.0559. The number of esters is 1. The quantitative estimate of drug-likeness (QED) is 0.0168. The number of nitrogens with one attached hydrogen (secondary N) is 3. The lowest BCUT2D eigenvalue weighted by molar-refractivity contribution is -0.345. The average Bonchev–Trinajstić information content (AvgIpc) is 1.41. The van der Waals surface area contributed by atoms with Crippen molar-refractivity contribution in [1.82, 2.24) is 24.8 Å². The number of unbranched alkanes of at least 4 members (excludes halogenated alkanes) is 6. The highest BCUT2D eigenvalue weighted by molar-refractivity contribution is 6.24. The number of aromatic hydroxyl groups is 3. The SMILES string of the molecule is CC(C)CCCCCCCC/C=C/C(=O)N[C@H]1[C@H](O[C@H]2O[C@H](CO)[C@@H](O)[C@H](O)[C@H]2N)O[C@H](C[C@@H](O)[C@H]2O[C@@H](n3ccc(=O)[nH]c3=O)[C@H](O)[C@@H]2O)[C@H](O)[C@@H]1O.CO[C@H]1/C=C/O[C@@]2(C)Oc3c(C)c(O)c4c(O)c(c(/C=N/N5CCN(C)CC5)c(O)c4c3C2=O)NC(=O)/C(C)=C\C=C\[C@H](C)[C@H](O)[C@@H](C)[C@@H](O)[C@@H](C)[C@H](OC(C)=O)[C@@H]1C. The molecule has 630 valence electrons. The molecule has 4 fully saturated rings. The first-order valence-corrected chi connectivity index (χ1v) is 38.5. The molecular weight excluding hydrogens is 1480 g/mol. The number of nitrogens with zero attached hydrogens (tertiary/aromatic N) is 4. The van der Waals surface area contributed by atoms with E-state index in [9.17, 15) is 95.2 Å². The van der Waals surface area contributed by atoms with Gasteiger partial charge in [-0.1, -0.05) is 104 Å². The van der Waals surface area contributed by atoms with Gasteiger partial charge in [-0.2, -0.15) is 5.10 Å². The minimum Gasteiger partial charge on any atom is -0.507 e. The lowest BCUT2D eigenvalue weighted by Crippen LogP contribution is -2.68. The molecule has 8 heterocycles. The molecule has 4 saturated heterocycles. The molecular formula is C78H116N8O27. The Morgan fingerprint density at radius 2 is 1.44 bits per heavy atom. The van der Waals surface area contributed by atoms with Gasteiger partial charge in [0, 0.05) is 106 Å². The monoisotopic (exact) mass is 1600 g/mol. The van der Waals surface area contributed by atoms with Crippen LogP contribution in [0.4, 0.5) is 5.69 Å². The number of fused-ring (bicyclic) bond motifs is 14. The van der Waals surface area contributed by atoms with Gasteiger partial charge in [0.25, 0.3) is 17.2 Å². The Bertz CT molecular complexity index is 4030. The zero-order chi connectivity index (χ0) is 83.4. The van der Waals surface area contributed by atoms with Gasteiger partial charge in [0.1, 0.15) is 78.2 Å². The second-order valence-corrected chi connectivity index (χ2v) is 30.9. The summed E-state index contributed by atoms with van der Waals surface area (Å²) in [6.45, 7) is 18.8. The number of carbonyl (C=O) groups is 4. The van der Waals surface area contributed by atoms with E-state index in [1.807, 2.05) is 12.0 Å².